The van der Waals surface area contributed by atoms with Crippen LogP contribution < -0.4 is 5.56 Å². The van der Waals surface area contributed by atoms with E-state index in [1.54, 1.807) is 11.6 Å². The first-order valence-corrected chi connectivity index (χ1v) is 8.97. The molecule has 1 unspecified atom stereocenters. The molecule has 6 nitrogen and oxygen atoms in total. The van der Waals surface area contributed by atoms with E-state index in [-0.39, 0.29) is 11.6 Å². The number of halogens is 3. The van der Waals surface area contributed by atoms with Crippen LogP contribution in [0.4, 0.5) is 13.2 Å². The first-order chi connectivity index (χ1) is 13.2. The Bertz CT molecular complexity index is 1070. The number of alkyl halides is 3. The minimum absolute atomic E-state index is 0.261. The summed E-state index contributed by atoms with van der Waals surface area (Å²) in [4.78, 5) is 19.7. The summed E-state index contributed by atoms with van der Waals surface area (Å²) in [5.41, 5.74) is 0.754. The molecule has 0 spiro atoms. The van der Waals surface area contributed by atoms with Crippen LogP contribution in [0.25, 0.3) is 11.0 Å². The lowest BCUT2D eigenvalue weighted by atomic mass is 10.0. The molecule has 3 aromatic rings. The maximum Gasteiger partial charge on any atom is 0.416 e. The highest BCUT2D eigenvalue weighted by Gasteiger charge is 2.30. The molecule has 1 saturated heterocycles. The molecule has 0 saturated carbocycles. The summed E-state index contributed by atoms with van der Waals surface area (Å²) in [6.07, 6.45) is -3.79. The summed E-state index contributed by atoms with van der Waals surface area (Å²) in [5.74, 6) is 0.755. The number of benzene rings is 1. The average molecular weight is 392 g/mol. The van der Waals surface area contributed by atoms with Gasteiger partial charge in [-0.15, -0.1) is 0 Å². The summed E-state index contributed by atoms with van der Waals surface area (Å²) < 4.78 is 45.3. The van der Waals surface area contributed by atoms with Crippen molar-refractivity contribution >= 4 is 11.0 Å². The fraction of sp³-hybridized carbons (Fsp3) is 0.421. The molecule has 1 aromatic carbocycles. The van der Waals surface area contributed by atoms with Gasteiger partial charge in [0.15, 0.2) is 5.65 Å². The molecule has 9 heteroatoms. The van der Waals surface area contributed by atoms with Crippen molar-refractivity contribution in [2.75, 3.05) is 13.2 Å². The summed E-state index contributed by atoms with van der Waals surface area (Å²) in [6, 6.07) is 4.58. The highest BCUT2D eigenvalue weighted by molar-refractivity contribution is 5.77. The van der Waals surface area contributed by atoms with E-state index in [1.807, 2.05) is 6.92 Å². The minimum atomic E-state index is -4.38. The molecule has 148 valence electrons. The number of rotatable bonds is 4. The smallest absolute Gasteiger partial charge is 0.381 e. The van der Waals surface area contributed by atoms with Crippen molar-refractivity contribution in [1.29, 1.82) is 0 Å². The SMILES string of the molecule is Cc1nc2c(c(CC3COC3)nn2C(C)c2ccc(C(F)(F)F)cc2)c(=O)[nH]1. The van der Waals surface area contributed by atoms with Crippen molar-refractivity contribution in [1.82, 2.24) is 19.7 Å². The molecule has 0 bridgehead atoms. The molecule has 0 aliphatic carbocycles. The molecule has 4 rings (SSSR count). The maximum absolute atomic E-state index is 12.8. The van der Waals surface area contributed by atoms with Gasteiger partial charge in [-0.2, -0.15) is 18.3 Å². The second kappa shape index (κ2) is 6.73. The van der Waals surface area contributed by atoms with Crippen LogP contribution in [0.5, 0.6) is 0 Å². The largest absolute Gasteiger partial charge is 0.416 e. The lowest BCUT2D eigenvalue weighted by Gasteiger charge is -2.24. The average Bonchev–Trinajstić information content (AvgIpc) is 2.95. The number of H-pyrrole nitrogens is 1. The number of hydrogen-bond acceptors (Lipinski definition) is 4. The van der Waals surface area contributed by atoms with Crippen molar-refractivity contribution in [3.8, 4) is 0 Å². The minimum Gasteiger partial charge on any atom is -0.381 e. The predicted octanol–water partition coefficient (Wildman–Crippen LogP) is 3.25. The van der Waals surface area contributed by atoms with E-state index in [2.05, 4.69) is 15.1 Å². The summed E-state index contributed by atoms with van der Waals surface area (Å²) in [5, 5.41) is 5.04. The number of aromatic nitrogens is 4. The van der Waals surface area contributed by atoms with E-state index < -0.39 is 11.7 Å². The number of aromatic amines is 1. The van der Waals surface area contributed by atoms with Gasteiger partial charge in [-0.1, -0.05) is 12.1 Å². The summed E-state index contributed by atoms with van der Waals surface area (Å²) in [6.45, 7) is 4.75. The zero-order valence-corrected chi connectivity index (χ0v) is 15.4. The number of nitrogens with zero attached hydrogens (tertiary/aromatic N) is 3. The highest BCUT2D eigenvalue weighted by Crippen LogP contribution is 2.31. The number of hydrogen-bond donors (Lipinski definition) is 1. The molecule has 28 heavy (non-hydrogen) atoms. The van der Waals surface area contributed by atoms with Crippen molar-refractivity contribution in [3.63, 3.8) is 0 Å². The van der Waals surface area contributed by atoms with Crippen molar-refractivity contribution in [3.05, 3.63) is 57.3 Å². The van der Waals surface area contributed by atoms with E-state index in [4.69, 9.17) is 4.74 Å². The molecular formula is C19H19F3N4O2. The maximum atomic E-state index is 12.8. The topological polar surface area (TPSA) is 72.8 Å². The molecule has 1 atom stereocenters. The van der Waals surface area contributed by atoms with Gasteiger partial charge < -0.3 is 9.72 Å². The molecule has 3 heterocycles. The van der Waals surface area contributed by atoms with Gasteiger partial charge >= 0.3 is 6.18 Å². The summed E-state index contributed by atoms with van der Waals surface area (Å²) in [7, 11) is 0. The second-order valence-corrected chi connectivity index (χ2v) is 7.14. The molecule has 0 amide bonds. The standard InChI is InChI=1S/C19H19F3N4O2/c1-10(13-3-5-14(6-4-13)19(20,21)22)26-17-16(18(27)24-11(2)23-17)15(25-26)7-12-8-28-9-12/h3-6,10,12H,7-9H2,1-2H3,(H,23,24,27). The van der Waals surface area contributed by atoms with Gasteiger partial charge in [-0.25, -0.2) is 9.67 Å². The second-order valence-electron chi connectivity index (χ2n) is 7.14. The third-order valence-electron chi connectivity index (χ3n) is 5.03. The highest BCUT2D eigenvalue weighted by atomic mass is 19.4. The van der Waals surface area contributed by atoms with Crippen LogP contribution in [-0.4, -0.2) is 33.0 Å². The molecule has 1 N–H and O–H groups in total. The number of nitrogens with one attached hydrogen (secondary N) is 1. The fourth-order valence-corrected chi connectivity index (χ4v) is 3.40. The lowest BCUT2D eigenvalue weighted by Crippen LogP contribution is -2.29. The van der Waals surface area contributed by atoms with Crippen LogP contribution >= 0.6 is 0 Å². The molecule has 1 fully saturated rings. The molecule has 2 aromatic heterocycles. The summed E-state index contributed by atoms with van der Waals surface area (Å²) >= 11 is 0. The van der Waals surface area contributed by atoms with Gasteiger partial charge in [-0.3, -0.25) is 4.79 Å². The van der Waals surface area contributed by atoms with Crippen LogP contribution in [0.1, 0.15) is 35.6 Å². The van der Waals surface area contributed by atoms with E-state index in [0.717, 1.165) is 12.1 Å². The molecule has 1 aliphatic rings. The Labute approximate surface area is 158 Å². The lowest BCUT2D eigenvalue weighted by molar-refractivity contribution is -0.137. The monoisotopic (exact) mass is 392 g/mol. The van der Waals surface area contributed by atoms with E-state index in [0.29, 0.717) is 53.7 Å². The van der Waals surface area contributed by atoms with E-state index >= 15 is 0 Å². The van der Waals surface area contributed by atoms with Gasteiger partial charge in [-0.05, 0) is 38.0 Å². The first-order valence-electron chi connectivity index (χ1n) is 8.97. The normalized spacial score (nSPS) is 16.3. The van der Waals surface area contributed by atoms with Crippen LogP contribution in [-0.2, 0) is 17.3 Å². The van der Waals surface area contributed by atoms with Gasteiger partial charge in [0.1, 0.15) is 11.2 Å². The third-order valence-corrected chi connectivity index (χ3v) is 5.03. The molecule has 0 radical (unpaired) electrons. The van der Waals surface area contributed by atoms with Gasteiger partial charge in [0, 0.05) is 5.92 Å². The van der Waals surface area contributed by atoms with Gasteiger partial charge in [0.25, 0.3) is 5.56 Å². The van der Waals surface area contributed by atoms with Crippen molar-refractivity contribution in [2.45, 2.75) is 32.5 Å². The van der Waals surface area contributed by atoms with E-state index in [9.17, 15) is 18.0 Å². The Balaban J connectivity index is 1.77. The number of ether oxygens (including phenoxy) is 1. The van der Waals surface area contributed by atoms with Crippen molar-refractivity contribution < 1.29 is 17.9 Å². The predicted molar refractivity (Wildman–Crippen MR) is 96.2 cm³/mol. The molecular weight excluding hydrogens is 373 g/mol. The number of fused-ring (bicyclic) bond motifs is 1. The van der Waals surface area contributed by atoms with Crippen LogP contribution in [0.2, 0.25) is 0 Å². The Morgan fingerprint density at radius 3 is 2.54 bits per heavy atom. The zero-order valence-electron chi connectivity index (χ0n) is 15.4. The van der Waals surface area contributed by atoms with Gasteiger partial charge in [0.05, 0.1) is 30.5 Å². The Morgan fingerprint density at radius 2 is 1.96 bits per heavy atom. The fourth-order valence-electron chi connectivity index (χ4n) is 3.40. The quantitative estimate of drug-likeness (QED) is 0.740. The molecule has 1 aliphatic heterocycles. The van der Waals surface area contributed by atoms with Crippen LogP contribution in [0.3, 0.4) is 0 Å². The van der Waals surface area contributed by atoms with Crippen molar-refractivity contribution in [2.24, 2.45) is 5.92 Å². The Morgan fingerprint density at radius 1 is 1.29 bits per heavy atom. The third kappa shape index (κ3) is 3.30. The van der Waals surface area contributed by atoms with E-state index in [1.165, 1.54) is 12.1 Å². The Kier molecular flexibility index (Phi) is 4.49. The van der Waals surface area contributed by atoms with Crippen LogP contribution in [0.15, 0.2) is 29.1 Å². The Hall–Kier alpha value is -2.68. The van der Waals surface area contributed by atoms with Gasteiger partial charge in [0.2, 0.25) is 0 Å². The first kappa shape index (κ1) is 18.7. The van der Waals surface area contributed by atoms with Crippen LogP contribution in [0, 0.1) is 12.8 Å². The number of aryl methyl sites for hydroxylation is 1. The zero-order chi connectivity index (χ0) is 20.1.